The van der Waals surface area contributed by atoms with E-state index in [1.165, 1.54) is 12.1 Å². The van der Waals surface area contributed by atoms with Crippen LogP contribution in [-0.4, -0.2) is 64.0 Å². The van der Waals surface area contributed by atoms with Gasteiger partial charge in [-0.2, -0.15) is 8.78 Å². The number of rotatable bonds is 9. The third-order valence-electron chi connectivity index (χ3n) is 4.00. The number of nitrogens with zero attached hydrogens (tertiary/aromatic N) is 2. The first-order chi connectivity index (χ1) is 12.6. The molecular weight excluding hydrogens is 344 g/mol. The molecule has 1 N–H and O–H groups in total. The molecule has 1 saturated heterocycles. The van der Waals surface area contributed by atoms with Gasteiger partial charge in [0, 0.05) is 33.8 Å². The number of halogens is 2. The summed E-state index contributed by atoms with van der Waals surface area (Å²) in [6.07, 6.45) is 2.41. The van der Waals surface area contributed by atoms with Crippen molar-refractivity contribution in [1.29, 1.82) is 0 Å². The molecule has 1 aromatic rings. The summed E-state index contributed by atoms with van der Waals surface area (Å²) in [5.41, 5.74) is 0.965. The van der Waals surface area contributed by atoms with Crippen LogP contribution < -0.4 is 10.1 Å². The van der Waals surface area contributed by atoms with Gasteiger partial charge in [0.25, 0.3) is 0 Å². The SMILES string of the molecule is CN=C(NCCOCC1CCCO1)N(C)Cc1ccc(OC(F)F)cc1. The molecule has 0 amide bonds. The van der Waals surface area contributed by atoms with E-state index >= 15 is 0 Å². The van der Waals surface area contributed by atoms with Gasteiger partial charge in [-0.1, -0.05) is 12.1 Å². The highest BCUT2D eigenvalue weighted by Crippen LogP contribution is 2.15. The van der Waals surface area contributed by atoms with Crippen LogP contribution >= 0.6 is 0 Å². The number of nitrogens with one attached hydrogen (secondary N) is 1. The highest BCUT2D eigenvalue weighted by atomic mass is 19.3. The second-order valence-electron chi connectivity index (χ2n) is 6.06. The minimum absolute atomic E-state index is 0.150. The van der Waals surface area contributed by atoms with Gasteiger partial charge in [-0.05, 0) is 30.5 Å². The van der Waals surface area contributed by atoms with Crippen molar-refractivity contribution >= 4 is 5.96 Å². The summed E-state index contributed by atoms with van der Waals surface area (Å²) < 4.78 is 39.8. The first kappa shape index (κ1) is 20.4. The smallest absolute Gasteiger partial charge is 0.387 e. The Morgan fingerprint density at radius 1 is 1.38 bits per heavy atom. The second kappa shape index (κ2) is 10.9. The van der Waals surface area contributed by atoms with Gasteiger partial charge in [0.15, 0.2) is 5.96 Å². The van der Waals surface area contributed by atoms with E-state index in [0.29, 0.717) is 26.3 Å². The van der Waals surface area contributed by atoms with E-state index in [-0.39, 0.29) is 11.9 Å². The minimum Gasteiger partial charge on any atom is -0.435 e. The highest BCUT2D eigenvalue weighted by Gasteiger charge is 2.15. The van der Waals surface area contributed by atoms with E-state index in [2.05, 4.69) is 15.0 Å². The molecule has 8 heteroatoms. The lowest BCUT2D eigenvalue weighted by Crippen LogP contribution is -2.40. The fourth-order valence-corrected chi connectivity index (χ4v) is 2.74. The summed E-state index contributed by atoms with van der Waals surface area (Å²) in [6, 6.07) is 6.58. The van der Waals surface area contributed by atoms with E-state index in [1.807, 2.05) is 11.9 Å². The molecule has 0 aliphatic carbocycles. The van der Waals surface area contributed by atoms with Gasteiger partial charge in [0.2, 0.25) is 0 Å². The van der Waals surface area contributed by atoms with Crippen molar-refractivity contribution in [2.45, 2.75) is 32.1 Å². The zero-order chi connectivity index (χ0) is 18.8. The number of ether oxygens (including phenoxy) is 3. The zero-order valence-electron chi connectivity index (χ0n) is 15.3. The number of alkyl halides is 2. The quantitative estimate of drug-likeness (QED) is 0.411. The number of guanidine groups is 1. The Labute approximate surface area is 153 Å². The number of benzene rings is 1. The van der Waals surface area contributed by atoms with Crippen LogP contribution in [0, 0.1) is 0 Å². The topological polar surface area (TPSA) is 55.3 Å². The van der Waals surface area contributed by atoms with Crippen LogP contribution in [0.1, 0.15) is 18.4 Å². The molecule has 1 unspecified atom stereocenters. The van der Waals surface area contributed by atoms with Crippen molar-refractivity contribution in [3.8, 4) is 5.75 Å². The fourth-order valence-electron chi connectivity index (χ4n) is 2.74. The Morgan fingerprint density at radius 3 is 2.77 bits per heavy atom. The van der Waals surface area contributed by atoms with E-state index in [1.54, 1.807) is 19.2 Å². The van der Waals surface area contributed by atoms with Crippen molar-refractivity contribution in [2.75, 3.05) is 40.5 Å². The predicted molar refractivity (Wildman–Crippen MR) is 95.7 cm³/mol. The molecule has 0 bridgehead atoms. The van der Waals surface area contributed by atoms with Gasteiger partial charge in [-0.25, -0.2) is 0 Å². The standard InChI is InChI=1S/C18H27F2N3O3/c1-21-18(22-9-11-24-13-16-4-3-10-25-16)23(2)12-14-5-7-15(8-6-14)26-17(19)20/h5-8,16-17H,3-4,9-13H2,1-2H3,(H,21,22). The monoisotopic (exact) mass is 371 g/mol. The lowest BCUT2D eigenvalue weighted by molar-refractivity contribution is -0.0498. The summed E-state index contributed by atoms with van der Waals surface area (Å²) in [4.78, 5) is 6.19. The Kier molecular flexibility index (Phi) is 8.57. The first-order valence-electron chi connectivity index (χ1n) is 8.73. The molecule has 6 nitrogen and oxygen atoms in total. The molecule has 1 aliphatic rings. The normalized spacial score (nSPS) is 17.6. The summed E-state index contributed by atoms with van der Waals surface area (Å²) in [7, 11) is 3.62. The summed E-state index contributed by atoms with van der Waals surface area (Å²) >= 11 is 0. The van der Waals surface area contributed by atoms with Crippen LogP contribution in [0.4, 0.5) is 8.78 Å². The molecule has 2 rings (SSSR count). The predicted octanol–water partition coefficient (Wildman–Crippen LogP) is 2.49. The molecule has 1 atom stereocenters. The van der Waals surface area contributed by atoms with E-state index in [9.17, 15) is 8.78 Å². The van der Waals surface area contributed by atoms with Crippen LogP contribution in [0.15, 0.2) is 29.3 Å². The van der Waals surface area contributed by atoms with Crippen LogP contribution in [0.5, 0.6) is 5.75 Å². The average molecular weight is 371 g/mol. The van der Waals surface area contributed by atoms with Gasteiger partial charge in [-0.15, -0.1) is 0 Å². The van der Waals surface area contributed by atoms with Crippen molar-refractivity contribution in [3.05, 3.63) is 29.8 Å². The van der Waals surface area contributed by atoms with Crippen LogP contribution in [0.3, 0.4) is 0 Å². The summed E-state index contributed by atoms with van der Waals surface area (Å²) in [5.74, 6) is 0.885. The Morgan fingerprint density at radius 2 is 2.15 bits per heavy atom. The van der Waals surface area contributed by atoms with Crippen LogP contribution in [0.2, 0.25) is 0 Å². The van der Waals surface area contributed by atoms with Crippen molar-refractivity contribution in [2.24, 2.45) is 4.99 Å². The number of hydrogen-bond acceptors (Lipinski definition) is 4. The van der Waals surface area contributed by atoms with Gasteiger partial charge in [0.1, 0.15) is 5.75 Å². The molecule has 1 fully saturated rings. The third kappa shape index (κ3) is 7.13. The van der Waals surface area contributed by atoms with Crippen molar-refractivity contribution in [3.63, 3.8) is 0 Å². The molecular formula is C18H27F2N3O3. The van der Waals surface area contributed by atoms with Crippen LogP contribution in [-0.2, 0) is 16.0 Å². The molecule has 0 spiro atoms. The maximum atomic E-state index is 12.2. The largest absolute Gasteiger partial charge is 0.435 e. The molecule has 1 aliphatic heterocycles. The molecule has 26 heavy (non-hydrogen) atoms. The lowest BCUT2D eigenvalue weighted by Gasteiger charge is -2.22. The summed E-state index contributed by atoms with van der Waals surface area (Å²) in [6.45, 7) is 0.458. The number of aliphatic imine (C=N–C) groups is 1. The summed E-state index contributed by atoms with van der Waals surface area (Å²) in [5, 5.41) is 3.24. The average Bonchev–Trinajstić information content (AvgIpc) is 3.12. The Bertz CT molecular complexity index is 549. The van der Waals surface area contributed by atoms with Crippen molar-refractivity contribution in [1.82, 2.24) is 10.2 Å². The molecule has 0 saturated carbocycles. The Hall–Kier alpha value is -1.93. The molecule has 0 aromatic heterocycles. The minimum atomic E-state index is -2.81. The van der Waals surface area contributed by atoms with Crippen LogP contribution in [0.25, 0.3) is 0 Å². The van der Waals surface area contributed by atoms with Gasteiger partial charge >= 0.3 is 6.61 Å². The van der Waals surface area contributed by atoms with Crippen molar-refractivity contribution < 1.29 is 23.0 Å². The van der Waals surface area contributed by atoms with E-state index in [0.717, 1.165) is 31.0 Å². The van der Waals surface area contributed by atoms with Gasteiger partial charge in [-0.3, -0.25) is 4.99 Å². The number of hydrogen-bond donors (Lipinski definition) is 1. The third-order valence-corrected chi connectivity index (χ3v) is 4.00. The van der Waals surface area contributed by atoms with E-state index < -0.39 is 6.61 Å². The van der Waals surface area contributed by atoms with Gasteiger partial charge < -0.3 is 24.4 Å². The molecule has 1 aromatic carbocycles. The lowest BCUT2D eigenvalue weighted by atomic mass is 10.2. The zero-order valence-corrected chi connectivity index (χ0v) is 15.3. The molecule has 146 valence electrons. The maximum absolute atomic E-state index is 12.2. The maximum Gasteiger partial charge on any atom is 0.387 e. The molecule has 0 radical (unpaired) electrons. The second-order valence-corrected chi connectivity index (χ2v) is 6.06. The first-order valence-corrected chi connectivity index (χ1v) is 8.73. The highest BCUT2D eigenvalue weighted by molar-refractivity contribution is 5.79. The van der Waals surface area contributed by atoms with Gasteiger partial charge in [0.05, 0.1) is 19.3 Å². The fraction of sp³-hybridized carbons (Fsp3) is 0.611. The van der Waals surface area contributed by atoms with E-state index in [4.69, 9.17) is 9.47 Å². The Balaban J connectivity index is 1.69. The molecule has 1 heterocycles.